The van der Waals surface area contributed by atoms with E-state index in [1.54, 1.807) is 12.1 Å². The van der Waals surface area contributed by atoms with Crippen LogP contribution in [0.4, 0.5) is 4.39 Å². The van der Waals surface area contributed by atoms with Gasteiger partial charge in [-0.1, -0.05) is 36.4 Å². The molecule has 1 amide bonds. The van der Waals surface area contributed by atoms with Crippen molar-refractivity contribution in [1.29, 1.82) is 0 Å². The van der Waals surface area contributed by atoms with Crippen LogP contribution >= 0.6 is 0 Å². The molecule has 0 aliphatic carbocycles. The maximum absolute atomic E-state index is 13.7. The van der Waals surface area contributed by atoms with Crippen molar-refractivity contribution in [3.63, 3.8) is 0 Å². The molecule has 0 fully saturated rings. The molecule has 168 valence electrons. The lowest BCUT2D eigenvalue weighted by Gasteiger charge is -2.27. The number of ether oxygens (including phenoxy) is 1. The van der Waals surface area contributed by atoms with Crippen LogP contribution in [-0.2, 0) is 4.74 Å². The number of aromatic amines is 1. The molecule has 0 spiro atoms. The smallest absolute Gasteiger partial charge is 0.255 e. The molecule has 1 atom stereocenters. The van der Waals surface area contributed by atoms with E-state index in [-0.39, 0.29) is 23.9 Å². The van der Waals surface area contributed by atoms with Crippen molar-refractivity contribution in [3.8, 4) is 11.3 Å². The van der Waals surface area contributed by atoms with Gasteiger partial charge in [0.15, 0.2) is 0 Å². The Morgan fingerprint density at radius 3 is 2.52 bits per heavy atom. The van der Waals surface area contributed by atoms with Crippen LogP contribution in [0.3, 0.4) is 0 Å². The van der Waals surface area contributed by atoms with Gasteiger partial charge in [-0.25, -0.2) is 4.39 Å². The highest BCUT2D eigenvalue weighted by atomic mass is 19.1. The number of halogens is 1. The topological polar surface area (TPSA) is 45.3 Å². The van der Waals surface area contributed by atoms with Crippen molar-refractivity contribution in [1.82, 2.24) is 9.88 Å². The van der Waals surface area contributed by atoms with E-state index in [1.807, 2.05) is 61.2 Å². The third-order valence-electron chi connectivity index (χ3n) is 6.21. The van der Waals surface area contributed by atoms with Gasteiger partial charge in [0.05, 0.1) is 17.8 Å². The Morgan fingerprint density at radius 1 is 1.00 bits per heavy atom. The number of carbonyl (C=O) groups excluding carboxylic acids is 1. The summed E-state index contributed by atoms with van der Waals surface area (Å²) in [6.07, 6.45) is 0.911. The van der Waals surface area contributed by atoms with Gasteiger partial charge in [0.2, 0.25) is 0 Å². The largest absolute Gasteiger partial charge is 0.379 e. The molecule has 0 radical (unpaired) electrons. The average Bonchev–Trinajstić information content (AvgIpc) is 3.32. The predicted octanol–water partition coefficient (Wildman–Crippen LogP) is 6.33. The summed E-state index contributed by atoms with van der Waals surface area (Å²) in [5.41, 5.74) is 5.58. The fourth-order valence-corrected chi connectivity index (χ4v) is 4.76. The minimum absolute atomic E-state index is 0.0375. The second kappa shape index (κ2) is 8.83. The first-order valence-corrected chi connectivity index (χ1v) is 11.4. The van der Waals surface area contributed by atoms with Crippen LogP contribution in [0.15, 0.2) is 72.8 Å². The monoisotopic (exact) mass is 442 g/mol. The highest BCUT2D eigenvalue weighted by molar-refractivity contribution is 6.02. The van der Waals surface area contributed by atoms with Crippen LogP contribution < -0.4 is 0 Å². The molecule has 5 heteroatoms. The van der Waals surface area contributed by atoms with Crippen LogP contribution in [0.5, 0.6) is 0 Å². The quantitative estimate of drug-likeness (QED) is 0.340. The summed E-state index contributed by atoms with van der Waals surface area (Å²) in [5, 5.41) is 1.06. The van der Waals surface area contributed by atoms with Gasteiger partial charge in [-0.2, -0.15) is 0 Å². The molecule has 0 unspecified atom stereocenters. The number of hydrogen-bond donors (Lipinski definition) is 1. The van der Waals surface area contributed by atoms with Crippen LogP contribution in [0, 0.1) is 5.82 Å². The first-order chi connectivity index (χ1) is 16.0. The number of para-hydroxylation sites is 1. The summed E-state index contributed by atoms with van der Waals surface area (Å²) >= 11 is 0. The lowest BCUT2D eigenvalue weighted by molar-refractivity contribution is 0.0605. The molecule has 4 nitrogen and oxygen atoms in total. The van der Waals surface area contributed by atoms with Crippen LogP contribution in [0.25, 0.3) is 22.2 Å². The molecule has 33 heavy (non-hydrogen) atoms. The summed E-state index contributed by atoms with van der Waals surface area (Å²) in [7, 11) is 0. The number of amides is 1. The van der Waals surface area contributed by atoms with Gasteiger partial charge in [-0.15, -0.1) is 0 Å². The normalized spacial score (nSPS) is 15.6. The van der Waals surface area contributed by atoms with Crippen LogP contribution in [-0.4, -0.2) is 35.0 Å². The number of hydrogen-bond acceptors (Lipinski definition) is 2. The molecular weight excluding hydrogens is 415 g/mol. The summed E-state index contributed by atoms with van der Waals surface area (Å²) in [5.74, 6) is -0.236. The molecule has 0 saturated heterocycles. The number of aromatic nitrogens is 1. The van der Waals surface area contributed by atoms with Crippen LogP contribution in [0.2, 0.25) is 0 Å². The Labute approximate surface area is 193 Å². The number of fused-ring (bicyclic) bond motifs is 2. The summed E-state index contributed by atoms with van der Waals surface area (Å²) in [6.45, 7) is 5.22. The van der Waals surface area contributed by atoms with E-state index in [2.05, 4.69) is 11.1 Å². The van der Waals surface area contributed by atoms with E-state index in [4.69, 9.17) is 4.74 Å². The maximum Gasteiger partial charge on any atom is 0.255 e. The minimum Gasteiger partial charge on any atom is -0.379 e. The van der Waals surface area contributed by atoms with Crippen molar-refractivity contribution < 1.29 is 13.9 Å². The third kappa shape index (κ3) is 3.93. The number of benzene rings is 3. The molecule has 2 heterocycles. The third-order valence-corrected chi connectivity index (χ3v) is 6.21. The van der Waals surface area contributed by atoms with E-state index < -0.39 is 0 Å². The Hall–Kier alpha value is -3.44. The van der Waals surface area contributed by atoms with Gasteiger partial charge >= 0.3 is 0 Å². The van der Waals surface area contributed by atoms with Crippen molar-refractivity contribution in [3.05, 3.63) is 95.3 Å². The molecule has 3 aromatic carbocycles. The zero-order chi connectivity index (χ0) is 22.9. The molecular formula is C28H27FN2O2. The van der Waals surface area contributed by atoms with Crippen molar-refractivity contribution in [2.24, 2.45) is 0 Å². The number of rotatable bonds is 7. The maximum atomic E-state index is 13.7. The van der Waals surface area contributed by atoms with Gasteiger partial charge in [-0.3, -0.25) is 4.79 Å². The second-order valence-electron chi connectivity index (χ2n) is 8.73. The summed E-state index contributed by atoms with van der Waals surface area (Å²) in [4.78, 5) is 19.0. The fraction of sp³-hybridized carbons (Fsp3) is 0.250. The molecule has 1 aliphatic heterocycles. The fourth-order valence-electron chi connectivity index (χ4n) is 4.76. The Bertz CT molecular complexity index is 1290. The van der Waals surface area contributed by atoms with Crippen molar-refractivity contribution in [2.45, 2.75) is 32.4 Å². The molecule has 0 saturated carbocycles. The highest BCUT2D eigenvalue weighted by Gasteiger charge is 2.39. The van der Waals surface area contributed by atoms with E-state index in [0.717, 1.165) is 45.3 Å². The van der Waals surface area contributed by atoms with Crippen LogP contribution in [0.1, 0.15) is 47.8 Å². The molecule has 4 aromatic rings. The first kappa shape index (κ1) is 21.4. The van der Waals surface area contributed by atoms with Gasteiger partial charge in [0.1, 0.15) is 5.82 Å². The molecule has 1 N–H and O–H groups in total. The summed E-state index contributed by atoms with van der Waals surface area (Å²) < 4.78 is 19.4. The van der Waals surface area contributed by atoms with E-state index in [9.17, 15) is 9.18 Å². The molecule has 0 bridgehead atoms. The zero-order valence-electron chi connectivity index (χ0n) is 18.8. The Morgan fingerprint density at radius 2 is 1.73 bits per heavy atom. The summed E-state index contributed by atoms with van der Waals surface area (Å²) in [6, 6.07) is 22.2. The lowest BCUT2D eigenvalue weighted by atomic mass is 9.93. The van der Waals surface area contributed by atoms with E-state index in [1.165, 1.54) is 12.1 Å². The van der Waals surface area contributed by atoms with Gasteiger partial charge < -0.3 is 14.6 Å². The number of nitrogens with one attached hydrogen (secondary N) is 1. The molecule has 1 aliphatic rings. The first-order valence-electron chi connectivity index (χ1n) is 11.4. The van der Waals surface area contributed by atoms with Gasteiger partial charge in [0, 0.05) is 35.2 Å². The van der Waals surface area contributed by atoms with Gasteiger partial charge in [0.25, 0.3) is 5.91 Å². The highest BCUT2D eigenvalue weighted by Crippen LogP contribution is 2.45. The standard InChI is InChI=1S/C28H27FN2O2/c1-18(2)33-17-7-16-31-27(21-8-3-4-9-22(21)28(31)32)25-23-10-5-6-11-24(23)30-26(25)19-12-14-20(29)15-13-19/h3-6,8-15,18,27,30H,7,16-17H2,1-2H3/t27-/m1/s1. The molecule has 5 rings (SSSR count). The number of H-pyrrole nitrogens is 1. The SMILES string of the molecule is CC(C)OCCCN1C(=O)c2ccccc2[C@@H]1c1c(-c2ccc(F)cc2)[nH]c2ccccc12. The Balaban J connectivity index is 1.65. The van der Waals surface area contributed by atoms with Crippen molar-refractivity contribution in [2.75, 3.05) is 13.2 Å². The zero-order valence-corrected chi connectivity index (χ0v) is 18.8. The number of nitrogens with zero attached hydrogens (tertiary/aromatic N) is 1. The van der Waals surface area contributed by atoms with Gasteiger partial charge in [-0.05, 0) is 67.8 Å². The van der Waals surface area contributed by atoms with Crippen molar-refractivity contribution >= 4 is 16.8 Å². The minimum atomic E-state index is -0.274. The number of carbonyl (C=O) groups is 1. The predicted molar refractivity (Wildman–Crippen MR) is 129 cm³/mol. The average molecular weight is 443 g/mol. The lowest BCUT2D eigenvalue weighted by Crippen LogP contribution is -2.30. The Kier molecular flexibility index (Phi) is 5.73. The molecule has 1 aromatic heterocycles. The van der Waals surface area contributed by atoms with E-state index >= 15 is 0 Å². The second-order valence-corrected chi connectivity index (χ2v) is 8.73. The van der Waals surface area contributed by atoms with E-state index in [0.29, 0.717) is 13.2 Å².